The lowest BCUT2D eigenvalue weighted by Crippen LogP contribution is -2.47. The zero-order valence-electron chi connectivity index (χ0n) is 10.4. The number of hydrogen-bond donors (Lipinski definition) is 2. The van der Waals surface area contributed by atoms with E-state index in [1.807, 2.05) is 12.1 Å². The molecule has 2 aromatic rings. The minimum absolute atomic E-state index is 0.0582. The number of thiazole rings is 1. The maximum atomic E-state index is 12.1. The van der Waals surface area contributed by atoms with E-state index in [0.29, 0.717) is 6.54 Å². The second-order valence-corrected chi connectivity index (χ2v) is 5.56. The molecule has 1 atom stereocenters. The molecule has 1 aliphatic rings. The van der Waals surface area contributed by atoms with Crippen LogP contribution in [0.15, 0.2) is 36.0 Å². The number of rotatable bonds is 3. The van der Waals surface area contributed by atoms with Gasteiger partial charge in [-0.2, -0.15) is 0 Å². The summed E-state index contributed by atoms with van der Waals surface area (Å²) in [5, 5.41) is 6.24. The molecule has 2 heterocycles. The third-order valence-electron chi connectivity index (χ3n) is 3.32. The van der Waals surface area contributed by atoms with E-state index in [4.69, 9.17) is 0 Å². The molecule has 0 saturated carbocycles. The third-order valence-corrected chi connectivity index (χ3v) is 4.10. The molecule has 1 aliphatic heterocycles. The molecule has 0 unspecified atom stereocenters. The zero-order valence-corrected chi connectivity index (χ0v) is 11.2. The van der Waals surface area contributed by atoms with Crippen LogP contribution in [0.5, 0.6) is 0 Å². The first-order valence-electron chi connectivity index (χ1n) is 6.28. The van der Waals surface area contributed by atoms with Crippen LogP contribution in [0, 0.1) is 0 Å². The van der Waals surface area contributed by atoms with E-state index < -0.39 is 0 Å². The highest BCUT2D eigenvalue weighted by Gasteiger charge is 2.23. The van der Waals surface area contributed by atoms with Gasteiger partial charge in [0.25, 0.3) is 0 Å². The molecule has 0 aliphatic carbocycles. The van der Waals surface area contributed by atoms with Gasteiger partial charge in [-0.3, -0.25) is 9.78 Å². The van der Waals surface area contributed by atoms with Crippen LogP contribution in [0.2, 0.25) is 0 Å². The number of benzene rings is 1. The largest absolute Gasteiger partial charge is 0.350 e. The van der Waals surface area contributed by atoms with Gasteiger partial charge in [0.1, 0.15) is 0 Å². The Morgan fingerprint density at radius 3 is 3.05 bits per heavy atom. The summed E-state index contributed by atoms with van der Waals surface area (Å²) in [5.41, 5.74) is 4.32. The molecule has 1 aromatic heterocycles. The number of hydrogen-bond acceptors (Lipinski definition) is 4. The number of nitrogens with one attached hydrogen (secondary N) is 2. The van der Waals surface area contributed by atoms with Crippen LogP contribution in [-0.4, -0.2) is 16.9 Å². The van der Waals surface area contributed by atoms with Crippen molar-refractivity contribution in [2.45, 2.75) is 25.6 Å². The van der Waals surface area contributed by atoms with Crippen molar-refractivity contribution in [1.29, 1.82) is 0 Å². The Balaban J connectivity index is 1.60. The van der Waals surface area contributed by atoms with Crippen molar-refractivity contribution in [3.63, 3.8) is 0 Å². The molecule has 0 spiro atoms. The van der Waals surface area contributed by atoms with E-state index in [2.05, 4.69) is 27.8 Å². The summed E-state index contributed by atoms with van der Waals surface area (Å²) in [6.45, 7) is 1.32. The number of carbonyl (C=O) groups is 1. The maximum Gasteiger partial charge on any atom is 0.237 e. The first kappa shape index (κ1) is 12.3. The monoisotopic (exact) mass is 273 g/mol. The normalized spacial score (nSPS) is 17.8. The van der Waals surface area contributed by atoms with Gasteiger partial charge in [0.05, 0.1) is 18.1 Å². The molecule has 0 bridgehead atoms. The average molecular weight is 273 g/mol. The summed E-state index contributed by atoms with van der Waals surface area (Å²) in [4.78, 5) is 17.2. The fourth-order valence-electron chi connectivity index (χ4n) is 2.27. The van der Waals surface area contributed by atoms with Gasteiger partial charge in [-0.25, -0.2) is 0 Å². The Kier molecular flexibility index (Phi) is 3.57. The van der Waals surface area contributed by atoms with Gasteiger partial charge in [-0.05, 0) is 17.5 Å². The SMILES string of the molecule is O=C(NCc1cncs1)[C@@H]1Cc2ccccc2CN1. The molecular formula is C14H15N3OS. The molecule has 3 rings (SSSR count). The third kappa shape index (κ3) is 2.83. The van der Waals surface area contributed by atoms with Crippen molar-refractivity contribution in [3.05, 3.63) is 52.0 Å². The number of amides is 1. The Bertz CT molecular complexity index is 568. The second kappa shape index (κ2) is 5.50. The topological polar surface area (TPSA) is 54.0 Å². The van der Waals surface area contributed by atoms with Crippen molar-refractivity contribution in [2.75, 3.05) is 0 Å². The predicted octanol–water partition coefficient (Wildman–Crippen LogP) is 1.47. The minimum Gasteiger partial charge on any atom is -0.350 e. The fraction of sp³-hybridized carbons (Fsp3) is 0.286. The van der Waals surface area contributed by atoms with Crippen LogP contribution >= 0.6 is 11.3 Å². The highest BCUT2D eigenvalue weighted by molar-refractivity contribution is 7.09. The Morgan fingerprint density at radius 1 is 1.42 bits per heavy atom. The molecule has 4 nitrogen and oxygen atoms in total. The summed E-state index contributed by atoms with van der Waals surface area (Å²) < 4.78 is 0. The van der Waals surface area contributed by atoms with Gasteiger partial charge in [-0.15, -0.1) is 11.3 Å². The summed E-state index contributed by atoms with van der Waals surface area (Å²) in [6, 6.07) is 8.12. The lowest BCUT2D eigenvalue weighted by Gasteiger charge is -2.25. The number of carbonyl (C=O) groups excluding carboxylic acids is 1. The van der Waals surface area contributed by atoms with Crippen LogP contribution in [0.1, 0.15) is 16.0 Å². The average Bonchev–Trinajstić information content (AvgIpc) is 2.97. The molecular weight excluding hydrogens is 258 g/mol. The molecule has 0 radical (unpaired) electrons. The standard InChI is InChI=1S/C14H15N3OS/c18-14(17-8-12-7-15-9-19-12)13-5-10-3-1-2-4-11(10)6-16-13/h1-4,7,9,13,16H,5-6,8H2,(H,17,18)/t13-/m0/s1. The summed E-state index contributed by atoms with van der Waals surface area (Å²) in [7, 11) is 0. The van der Waals surface area contributed by atoms with Crippen LogP contribution in [0.4, 0.5) is 0 Å². The summed E-state index contributed by atoms with van der Waals surface area (Å²) in [6.07, 6.45) is 2.54. The van der Waals surface area contributed by atoms with Gasteiger partial charge in [0, 0.05) is 17.6 Å². The molecule has 2 N–H and O–H groups in total. The molecule has 98 valence electrons. The quantitative estimate of drug-likeness (QED) is 0.890. The molecule has 0 fully saturated rings. The Morgan fingerprint density at radius 2 is 2.26 bits per heavy atom. The minimum atomic E-state index is -0.136. The van der Waals surface area contributed by atoms with E-state index in [1.54, 1.807) is 23.0 Å². The summed E-state index contributed by atoms with van der Waals surface area (Å²) in [5.74, 6) is 0.0582. The van der Waals surface area contributed by atoms with Gasteiger partial charge in [-0.1, -0.05) is 24.3 Å². The van der Waals surface area contributed by atoms with Crippen molar-refractivity contribution < 1.29 is 4.79 Å². The van der Waals surface area contributed by atoms with E-state index >= 15 is 0 Å². The van der Waals surface area contributed by atoms with Gasteiger partial charge < -0.3 is 10.6 Å². The predicted molar refractivity (Wildman–Crippen MR) is 74.7 cm³/mol. The van der Waals surface area contributed by atoms with E-state index in [0.717, 1.165) is 17.8 Å². The molecule has 19 heavy (non-hydrogen) atoms. The van der Waals surface area contributed by atoms with Crippen molar-refractivity contribution in [3.8, 4) is 0 Å². The van der Waals surface area contributed by atoms with Crippen molar-refractivity contribution in [2.24, 2.45) is 0 Å². The van der Waals surface area contributed by atoms with Crippen LogP contribution in [-0.2, 0) is 24.3 Å². The Hall–Kier alpha value is -1.72. The smallest absolute Gasteiger partial charge is 0.237 e. The summed E-state index contributed by atoms with van der Waals surface area (Å²) >= 11 is 1.55. The number of nitrogens with zero attached hydrogens (tertiary/aromatic N) is 1. The van der Waals surface area contributed by atoms with Gasteiger partial charge >= 0.3 is 0 Å². The maximum absolute atomic E-state index is 12.1. The fourth-order valence-corrected chi connectivity index (χ4v) is 2.80. The lowest BCUT2D eigenvalue weighted by molar-refractivity contribution is -0.123. The van der Waals surface area contributed by atoms with E-state index in [9.17, 15) is 4.79 Å². The Labute approximate surface area is 115 Å². The zero-order chi connectivity index (χ0) is 13.1. The molecule has 1 amide bonds. The van der Waals surface area contributed by atoms with Crippen molar-refractivity contribution >= 4 is 17.2 Å². The van der Waals surface area contributed by atoms with E-state index in [1.165, 1.54) is 11.1 Å². The number of aromatic nitrogens is 1. The van der Waals surface area contributed by atoms with E-state index in [-0.39, 0.29) is 11.9 Å². The highest BCUT2D eigenvalue weighted by Crippen LogP contribution is 2.16. The molecule has 1 aromatic carbocycles. The molecule has 0 saturated heterocycles. The second-order valence-electron chi connectivity index (χ2n) is 4.59. The highest BCUT2D eigenvalue weighted by atomic mass is 32.1. The molecule has 5 heteroatoms. The van der Waals surface area contributed by atoms with Crippen LogP contribution in [0.3, 0.4) is 0 Å². The van der Waals surface area contributed by atoms with Crippen molar-refractivity contribution in [1.82, 2.24) is 15.6 Å². The first-order valence-corrected chi connectivity index (χ1v) is 7.16. The lowest BCUT2D eigenvalue weighted by atomic mass is 9.95. The van der Waals surface area contributed by atoms with Crippen LogP contribution in [0.25, 0.3) is 0 Å². The number of fused-ring (bicyclic) bond motifs is 1. The van der Waals surface area contributed by atoms with Gasteiger partial charge in [0.2, 0.25) is 5.91 Å². The van der Waals surface area contributed by atoms with Gasteiger partial charge in [0.15, 0.2) is 0 Å². The first-order chi connectivity index (χ1) is 9.33. The van der Waals surface area contributed by atoms with Crippen LogP contribution < -0.4 is 10.6 Å².